The summed E-state index contributed by atoms with van der Waals surface area (Å²) in [6.07, 6.45) is 3.28. The number of esters is 1. The van der Waals surface area contributed by atoms with Gasteiger partial charge in [-0.25, -0.2) is 4.79 Å². The van der Waals surface area contributed by atoms with Gasteiger partial charge < -0.3 is 9.64 Å². The molecule has 0 aliphatic carbocycles. The van der Waals surface area contributed by atoms with Gasteiger partial charge in [0.05, 0.1) is 6.61 Å². The highest BCUT2D eigenvalue weighted by Gasteiger charge is 2.20. The van der Waals surface area contributed by atoms with E-state index in [1.807, 2.05) is 12.1 Å². The fourth-order valence-electron chi connectivity index (χ4n) is 3.03. The summed E-state index contributed by atoms with van der Waals surface area (Å²) < 4.78 is 18.9. The molecule has 0 saturated carbocycles. The number of fused-ring (bicyclic) bond motifs is 1. The van der Waals surface area contributed by atoms with E-state index in [0.29, 0.717) is 11.6 Å². The van der Waals surface area contributed by atoms with Crippen molar-refractivity contribution in [2.75, 3.05) is 18.1 Å². The molecule has 1 aliphatic heterocycles. The molecule has 23 heavy (non-hydrogen) atoms. The maximum absolute atomic E-state index is 14.2. The van der Waals surface area contributed by atoms with Gasteiger partial charge in [0.1, 0.15) is 0 Å². The van der Waals surface area contributed by atoms with Crippen molar-refractivity contribution in [3.8, 4) is 0 Å². The molecule has 2 rings (SSSR count). The Balaban J connectivity index is 2.38. The van der Waals surface area contributed by atoms with E-state index in [2.05, 4.69) is 24.8 Å². The molecule has 0 N–H and O–H groups in total. The standard InChI is InChI=1S/C19H26FNO2/c1-5-23-19(22)18(20)14(4)15-9-10-17-16(12-15)8-6-7-11-21(17)13(2)3/h9-10,12-13H,5-8,11H2,1-4H3/b18-14-. The lowest BCUT2D eigenvalue weighted by molar-refractivity contribution is -0.140. The number of allylic oxidation sites excluding steroid dienone is 1. The second-order valence-corrected chi connectivity index (χ2v) is 6.25. The first-order valence-electron chi connectivity index (χ1n) is 8.39. The largest absolute Gasteiger partial charge is 0.461 e. The van der Waals surface area contributed by atoms with Gasteiger partial charge in [-0.15, -0.1) is 0 Å². The van der Waals surface area contributed by atoms with Crippen molar-refractivity contribution in [3.05, 3.63) is 35.2 Å². The molecular weight excluding hydrogens is 293 g/mol. The van der Waals surface area contributed by atoms with Gasteiger partial charge in [0.25, 0.3) is 0 Å². The molecule has 0 amide bonds. The molecule has 0 radical (unpaired) electrons. The summed E-state index contributed by atoms with van der Waals surface area (Å²) in [5.41, 5.74) is 3.54. The van der Waals surface area contributed by atoms with E-state index in [1.165, 1.54) is 11.3 Å². The number of halogens is 1. The van der Waals surface area contributed by atoms with E-state index in [4.69, 9.17) is 4.74 Å². The molecule has 0 spiro atoms. The van der Waals surface area contributed by atoms with Crippen LogP contribution in [0.25, 0.3) is 5.57 Å². The number of rotatable bonds is 4. The van der Waals surface area contributed by atoms with E-state index in [1.54, 1.807) is 13.8 Å². The fourth-order valence-corrected chi connectivity index (χ4v) is 3.03. The van der Waals surface area contributed by atoms with Crippen molar-refractivity contribution in [2.45, 2.75) is 53.0 Å². The first-order chi connectivity index (χ1) is 11.0. The predicted octanol–water partition coefficient (Wildman–Crippen LogP) is 4.50. The van der Waals surface area contributed by atoms with Gasteiger partial charge in [0.2, 0.25) is 5.83 Å². The third-order valence-corrected chi connectivity index (χ3v) is 4.32. The predicted molar refractivity (Wildman–Crippen MR) is 92.2 cm³/mol. The minimum absolute atomic E-state index is 0.174. The van der Waals surface area contributed by atoms with Gasteiger partial charge >= 0.3 is 5.97 Å². The van der Waals surface area contributed by atoms with Crippen molar-refractivity contribution in [2.24, 2.45) is 0 Å². The number of anilines is 1. The SMILES string of the molecule is CCOC(=O)/C(F)=C(\C)c1ccc2c(c1)CCCCN2C(C)C. The number of hydrogen-bond acceptors (Lipinski definition) is 3. The Hall–Kier alpha value is -1.84. The molecule has 1 aromatic rings. The summed E-state index contributed by atoms with van der Waals surface area (Å²) in [5, 5.41) is 0. The summed E-state index contributed by atoms with van der Waals surface area (Å²) >= 11 is 0. The summed E-state index contributed by atoms with van der Waals surface area (Å²) in [4.78, 5) is 14.0. The molecule has 0 unspecified atom stereocenters. The molecule has 0 saturated heterocycles. The fraction of sp³-hybridized carbons (Fsp3) is 0.526. The van der Waals surface area contributed by atoms with Crippen LogP contribution in [0.15, 0.2) is 24.0 Å². The van der Waals surface area contributed by atoms with Crippen molar-refractivity contribution < 1.29 is 13.9 Å². The van der Waals surface area contributed by atoms with Gasteiger partial charge in [-0.2, -0.15) is 4.39 Å². The number of carbonyl (C=O) groups is 1. The Labute approximate surface area is 138 Å². The van der Waals surface area contributed by atoms with Crippen LogP contribution < -0.4 is 4.90 Å². The highest BCUT2D eigenvalue weighted by molar-refractivity contribution is 5.95. The van der Waals surface area contributed by atoms with Gasteiger partial charge in [-0.3, -0.25) is 0 Å². The minimum atomic E-state index is -0.885. The maximum atomic E-state index is 14.2. The normalized spacial score (nSPS) is 15.8. The van der Waals surface area contributed by atoms with Crippen LogP contribution in [-0.4, -0.2) is 25.2 Å². The van der Waals surface area contributed by atoms with Gasteiger partial charge in [0, 0.05) is 18.3 Å². The molecule has 1 aromatic carbocycles. The Morgan fingerprint density at radius 2 is 2.09 bits per heavy atom. The van der Waals surface area contributed by atoms with Gasteiger partial charge in [0.15, 0.2) is 0 Å². The monoisotopic (exact) mass is 319 g/mol. The van der Waals surface area contributed by atoms with E-state index in [9.17, 15) is 9.18 Å². The molecule has 0 fully saturated rings. The first-order valence-corrected chi connectivity index (χ1v) is 8.39. The molecule has 0 aromatic heterocycles. The molecular formula is C19H26FNO2. The van der Waals surface area contributed by atoms with Crippen LogP contribution in [0.2, 0.25) is 0 Å². The average Bonchev–Trinajstić information content (AvgIpc) is 2.75. The zero-order chi connectivity index (χ0) is 17.0. The zero-order valence-electron chi connectivity index (χ0n) is 14.5. The minimum Gasteiger partial charge on any atom is -0.461 e. The van der Waals surface area contributed by atoms with Gasteiger partial charge in [-0.05, 0) is 75.8 Å². The quantitative estimate of drug-likeness (QED) is 0.604. The number of aryl methyl sites for hydroxylation is 1. The van der Waals surface area contributed by atoms with Crippen LogP contribution in [0.4, 0.5) is 10.1 Å². The van der Waals surface area contributed by atoms with Crippen molar-refractivity contribution in [1.29, 1.82) is 0 Å². The van der Waals surface area contributed by atoms with Gasteiger partial charge in [-0.1, -0.05) is 6.07 Å². The van der Waals surface area contributed by atoms with Crippen molar-refractivity contribution in [3.63, 3.8) is 0 Å². The van der Waals surface area contributed by atoms with E-state index >= 15 is 0 Å². The van der Waals surface area contributed by atoms with Crippen LogP contribution in [0.5, 0.6) is 0 Å². The Bertz CT molecular complexity index is 607. The summed E-state index contributed by atoms with van der Waals surface area (Å²) in [6.45, 7) is 8.90. The summed E-state index contributed by atoms with van der Waals surface area (Å²) in [7, 11) is 0. The topological polar surface area (TPSA) is 29.5 Å². The molecule has 0 atom stereocenters. The maximum Gasteiger partial charge on any atom is 0.367 e. The number of hydrogen-bond donors (Lipinski definition) is 0. The van der Waals surface area contributed by atoms with Crippen LogP contribution in [0.3, 0.4) is 0 Å². The van der Waals surface area contributed by atoms with Crippen molar-refractivity contribution in [1.82, 2.24) is 0 Å². The molecule has 126 valence electrons. The lowest BCUT2D eigenvalue weighted by atomic mass is 9.99. The van der Waals surface area contributed by atoms with Crippen LogP contribution in [0.1, 0.15) is 51.7 Å². The lowest BCUT2D eigenvalue weighted by Gasteiger charge is -2.29. The van der Waals surface area contributed by atoms with Crippen LogP contribution in [-0.2, 0) is 16.0 Å². The van der Waals surface area contributed by atoms with Crippen LogP contribution in [0, 0.1) is 0 Å². The zero-order valence-corrected chi connectivity index (χ0v) is 14.5. The highest BCUT2D eigenvalue weighted by Crippen LogP contribution is 2.31. The molecule has 1 heterocycles. The van der Waals surface area contributed by atoms with Crippen molar-refractivity contribution >= 4 is 17.2 Å². The Morgan fingerprint density at radius 1 is 1.35 bits per heavy atom. The number of nitrogens with zero attached hydrogens (tertiary/aromatic N) is 1. The van der Waals surface area contributed by atoms with Crippen LogP contribution >= 0.6 is 0 Å². The number of carbonyl (C=O) groups excluding carboxylic acids is 1. The molecule has 4 heteroatoms. The van der Waals surface area contributed by atoms with E-state index < -0.39 is 11.8 Å². The van der Waals surface area contributed by atoms with E-state index in [0.717, 1.165) is 31.4 Å². The smallest absolute Gasteiger partial charge is 0.367 e. The highest BCUT2D eigenvalue weighted by atomic mass is 19.1. The number of benzene rings is 1. The molecule has 3 nitrogen and oxygen atoms in total. The second-order valence-electron chi connectivity index (χ2n) is 6.25. The average molecular weight is 319 g/mol. The summed E-state index contributed by atoms with van der Waals surface area (Å²) in [5.74, 6) is -1.69. The Morgan fingerprint density at radius 3 is 2.74 bits per heavy atom. The Kier molecular flexibility index (Phi) is 5.80. The second kappa shape index (κ2) is 7.62. The molecule has 1 aliphatic rings. The lowest BCUT2D eigenvalue weighted by Crippen LogP contribution is -2.31. The third-order valence-electron chi connectivity index (χ3n) is 4.32. The first kappa shape index (κ1) is 17.5. The third kappa shape index (κ3) is 3.92. The summed E-state index contributed by atoms with van der Waals surface area (Å²) in [6, 6.07) is 6.40. The number of ether oxygens (including phenoxy) is 1. The molecule has 0 bridgehead atoms. The van der Waals surface area contributed by atoms with E-state index in [-0.39, 0.29) is 6.61 Å².